The van der Waals surface area contributed by atoms with Gasteiger partial charge in [-0.1, -0.05) is 6.08 Å². The quantitative estimate of drug-likeness (QED) is 0.577. The lowest BCUT2D eigenvalue weighted by molar-refractivity contribution is 0.00578. The molecular weight excluding hydrogens is 374 g/mol. The highest BCUT2D eigenvalue weighted by atomic mass is 19.1. The summed E-state index contributed by atoms with van der Waals surface area (Å²) in [7, 11) is -0.753. The van der Waals surface area contributed by atoms with E-state index in [-0.39, 0.29) is 6.54 Å². The van der Waals surface area contributed by atoms with Gasteiger partial charge in [0.05, 0.1) is 11.2 Å². The number of nitrogens with one attached hydrogen (secondary N) is 1. The molecule has 0 atom stereocenters. The van der Waals surface area contributed by atoms with Crippen molar-refractivity contribution < 1.29 is 23.2 Å². The monoisotopic (exact) mass is 406 g/mol. The van der Waals surface area contributed by atoms with Crippen LogP contribution in [0.15, 0.2) is 17.6 Å². The van der Waals surface area contributed by atoms with Gasteiger partial charge in [0, 0.05) is 17.8 Å². The van der Waals surface area contributed by atoms with Crippen molar-refractivity contribution in [1.29, 1.82) is 0 Å². The Hall–Kier alpha value is -2.06. The molecule has 1 saturated heterocycles. The first-order valence-electron chi connectivity index (χ1n) is 9.70. The van der Waals surface area contributed by atoms with E-state index in [2.05, 4.69) is 5.32 Å². The van der Waals surface area contributed by atoms with E-state index < -0.39 is 35.8 Å². The van der Waals surface area contributed by atoms with Gasteiger partial charge in [-0.2, -0.15) is 0 Å². The summed E-state index contributed by atoms with van der Waals surface area (Å²) in [5.41, 5.74) is 6.15. The third-order valence-corrected chi connectivity index (χ3v) is 5.12. The summed E-state index contributed by atoms with van der Waals surface area (Å²) >= 11 is 0. The summed E-state index contributed by atoms with van der Waals surface area (Å²) in [5.74, 6) is -0.414. The minimum atomic E-state index is -0.753. The zero-order chi connectivity index (χ0) is 22.2. The molecule has 0 spiro atoms. The lowest BCUT2D eigenvalue weighted by Gasteiger charge is -2.32. The van der Waals surface area contributed by atoms with Crippen LogP contribution in [0.4, 0.5) is 14.9 Å². The van der Waals surface area contributed by atoms with Gasteiger partial charge in [-0.15, -0.1) is 0 Å². The van der Waals surface area contributed by atoms with Crippen LogP contribution in [-0.2, 0) is 14.0 Å². The van der Waals surface area contributed by atoms with Crippen LogP contribution in [0.5, 0.6) is 0 Å². The van der Waals surface area contributed by atoms with Crippen molar-refractivity contribution in [2.75, 3.05) is 12.3 Å². The third kappa shape index (κ3) is 5.73. The molecular formula is C21H32BFN2O4. The first-order valence-corrected chi connectivity index (χ1v) is 9.70. The second-order valence-electron chi connectivity index (χ2n) is 9.39. The molecule has 0 radical (unpaired) electrons. The number of anilines is 1. The Bertz CT molecular complexity index is 800. The number of ether oxygens (including phenoxy) is 1. The number of hydrogen-bond acceptors (Lipinski definition) is 5. The zero-order valence-corrected chi connectivity index (χ0v) is 18.6. The number of nitrogen functional groups attached to an aromatic ring is 1. The van der Waals surface area contributed by atoms with Crippen molar-refractivity contribution in [2.24, 2.45) is 0 Å². The Morgan fingerprint density at radius 1 is 1.24 bits per heavy atom. The molecule has 6 nitrogen and oxygen atoms in total. The predicted molar refractivity (Wildman–Crippen MR) is 114 cm³/mol. The maximum absolute atomic E-state index is 14.5. The number of rotatable bonds is 4. The fourth-order valence-corrected chi connectivity index (χ4v) is 2.70. The molecule has 0 aliphatic carbocycles. The molecule has 1 amide bonds. The number of carbonyl (C=O) groups is 1. The van der Waals surface area contributed by atoms with Crippen LogP contribution >= 0.6 is 0 Å². The fourth-order valence-electron chi connectivity index (χ4n) is 2.70. The van der Waals surface area contributed by atoms with E-state index in [1.807, 2.05) is 27.7 Å². The molecule has 0 aromatic heterocycles. The number of amides is 1. The fraction of sp³-hybridized carbons (Fsp3) is 0.571. The molecule has 29 heavy (non-hydrogen) atoms. The van der Waals surface area contributed by atoms with Crippen LogP contribution in [-0.4, -0.2) is 36.6 Å². The maximum atomic E-state index is 14.5. The number of hydrogen-bond donors (Lipinski definition) is 2. The Balaban J connectivity index is 2.34. The van der Waals surface area contributed by atoms with Gasteiger partial charge < -0.3 is 25.1 Å². The summed E-state index contributed by atoms with van der Waals surface area (Å²) in [6.45, 7) is 14.9. The second-order valence-corrected chi connectivity index (χ2v) is 9.39. The van der Waals surface area contributed by atoms with Crippen LogP contribution in [0.25, 0.3) is 6.08 Å². The summed E-state index contributed by atoms with van der Waals surface area (Å²) in [6, 6.07) is 2.94. The highest BCUT2D eigenvalue weighted by Crippen LogP contribution is 2.39. The zero-order valence-electron chi connectivity index (χ0n) is 18.6. The number of halogens is 1. The van der Waals surface area contributed by atoms with Crippen molar-refractivity contribution in [3.63, 3.8) is 0 Å². The van der Waals surface area contributed by atoms with E-state index in [0.29, 0.717) is 22.3 Å². The SMILES string of the molecule is Cc1cc(F)c(C=C(CNC(=O)OC(C)(C)C)B2OC(C)(C)C(C)(C)O2)cc1N. The number of alkyl carbamates (subject to hydrolysis) is 1. The van der Waals surface area contributed by atoms with E-state index in [1.54, 1.807) is 39.8 Å². The molecule has 8 heteroatoms. The molecule has 2 rings (SSSR count). The van der Waals surface area contributed by atoms with Crippen LogP contribution in [0.1, 0.15) is 59.6 Å². The van der Waals surface area contributed by atoms with Gasteiger partial charge in [0.15, 0.2) is 0 Å². The number of benzene rings is 1. The van der Waals surface area contributed by atoms with Crippen LogP contribution in [0.3, 0.4) is 0 Å². The van der Waals surface area contributed by atoms with Crippen LogP contribution in [0, 0.1) is 12.7 Å². The van der Waals surface area contributed by atoms with Crippen LogP contribution < -0.4 is 11.1 Å². The average Bonchev–Trinajstić information content (AvgIpc) is 2.74. The molecule has 1 heterocycles. The first-order chi connectivity index (χ1) is 13.1. The van der Waals surface area contributed by atoms with Gasteiger partial charge in [0.25, 0.3) is 0 Å². The normalized spacial score (nSPS) is 18.7. The molecule has 0 unspecified atom stereocenters. The van der Waals surface area contributed by atoms with E-state index in [0.717, 1.165) is 0 Å². The third-order valence-electron chi connectivity index (χ3n) is 5.12. The molecule has 0 saturated carbocycles. The molecule has 160 valence electrons. The minimum absolute atomic E-state index is 0.0684. The van der Waals surface area contributed by atoms with Crippen molar-refractivity contribution in [3.05, 3.63) is 34.5 Å². The van der Waals surface area contributed by atoms with Gasteiger partial charge in [0.1, 0.15) is 11.4 Å². The van der Waals surface area contributed by atoms with E-state index in [1.165, 1.54) is 6.07 Å². The van der Waals surface area contributed by atoms with E-state index >= 15 is 0 Å². The van der Waals surface area contributed by atoms with Crippen molar-refractivity contribution >= 4 is 25.0 Å². The first kappa shape index (κ1) is 23.2. The summed E-state index contributed by atoms with van der Waals surface area (Å²) in [4.78, 5) is 12.1. The van der Waals surface area contributed by atoms with Gasteiger partial charge >= 0.3 is 13.2 Å². The molecule has 1 aliphatic heterocycles. The van der Waals surface area contributed by atoms with E-state index in [4.69, 9.17) is 19.8 Å². The number of carbonyl (C=O) groups excluding carboxylic acids is 1. The predicted octanol–water partition coefficient (Wildman–Crippen LogP) is 4.26. The lowest BCUT2D eigenvalue weighted by atomic mass is 9.77. The number of aryl methyl sites for hydroxylation is 1. The summed E-state index contributed by atoms with van der Waals surface area (Å²) in [6.07, 6.45) is 1.02. The highest BCUT2D eigenvalue weighted by molar-refractivity contribution is 6.56. The van der Waals surface area contributed by atoms with Crippen molar-refractivity contribution in [3.8, 4) is 0 Å². The number of nitrogens with two attached hydrogens (primary N) is 1. The Labute approximate surface area is 173 Å². The molecule has 1 aromatic rings. The average molecular weight is 406 g/mol. The van der Waals surface area contributed by atoms with E-state index in [9.17, 15) is 9.18 Å². The Kier molecular flexibility index (Phi) is 6.40. The molecule has 1 aromatic carbocycles. The van der Waals surface area contributed by atoms with Crippen molar-refractivity contribution in [2.45, 2.75) is 72.2 Å². The molecule has 1 fully saturated rings. The minimum Gasteiger partial charge on any atom is -0.444 e. The van der Waals surface area contributed by atoms with Crippen molar-refractivity contribution in [1.82, 2.24) is 5.32 Å². The largest absolute Gasteiger partial charge is 0.492 e. The van der Waals surface area contributed by atoms with Gasteiger partial charge in [-0.25, -0.2) is 9.18 Å². The standard InChI is InChI=1S/C21H32BFN2O4/c1-13-9-16(23)14(11-17(13)24)10-15(12-25-18(26)27-19(2,3)4)22-28-20(5,6)21(7,8)29-22/h9-11H,12,24H2,1-8H3,(H,25,26). The Morgan fingerprint density at radius 3 is 2.31 bits per heavy atom. The molecule has 1 aliphatic rings. The summed E-state index contributed by atoms with van der Waals surface area (Å²) in [5, 5.41) is 2.69. The Morgan fingerprint density at radius 2 is 1.79 bits per heavy atom. The van der Waals surface area contributed by atoms with Gasteiger partial charge in [0.2, 0.25) is 0 Å². The summed E-state index contributed by atoms with van der Waals surface area (Å²) < 4.78 is 32.0. The smallest absolute Gasteiger partial charge is 0.444 e. The highest BCUT2D eigenvalue weighted by Gasteiger charge is 2.52. The van der Waals surface area contributed by atoms with Gasteiger partial charge in [-0.3, -0.25) is 0 Å². The lowest BCUT2D eigenvalue weighted by Crippen LogP contribution is -2.41. The van der Waals surface area contributed by atoms with Crippen LogP contribution in [0.2, 0.25) is 0 Å². The maximum Gasteiger partial charge on any atom is 0.492 e. The van der Waals surface area contributed by atoms with Gasteiger partial charge in [-0.05, 0) is 78.6 Å². The molecule has 0 bridgehead atoms. The second kappa shape index (κ2) is 7.99. The topological polar surface area (TPSA) is 82.8 Å². The molecule has 3 N–H and O–H groups in total.